The van der Waals surface area contributed by atoms with Gasteiger partial charge in [0, 0.05) is 22.1 Å². The Balaban J connectivity index is 2.46. The van der Waals surface area contributed by atoms with Gasteiger partial charge in [0.2, 0.25) is 5.96 Å². The zero-order valence-electron chi connectivity index (χ0n) is 9.29. The molecule has 1 unspecified atom stereocenters. The average molecular weight is 263 g/mol. The molecule has 7 heteroatoms. The number of anilines is 2. The summed E-state index contributed by atoms with van der Waals surface area (Å²) in [7, 11) is 0. The lowest BCUT2D eigenvalue weighted by molar-refractivity contribution is 0.539. The number of guanidine groups is 1. The van der Waals surface area contributed by atoms with Crippen molar-refractivity contribution in [2.24, 2.45) is 10.1 Å². The third kappa shape index (κ3) is 2.58. The van der Waals surface area contributed by atoms with E-state index in [1.54, 1.807) is 12.1 Å². The van der Waals surface area contributed by atoms with Gasteiger partial charge in [-0.1, -0.05) is 24.3 Å². The zero-order chi connectivity index (χ0) is 13.1. The van der Waals surface area contributed by atoms with Crippen LogP contribution in [0.2, 0.25) is 0 Å². The van der Waals surface area contributed by atoms with Crippen molar-refractivity contribution in [2.45, 2.75) is 0 Å². The minimum absolute atomic E-state index is 0.196. The van der Waals surface area contributed by atoms with E-state index in [2.05, 4.69) is 9.71 Å². The summed E-state index contributed by atoms with van der Waals surface area (Å²) in [5, 5.41) is 4.42. The van der Waals surface area contributed by atoms with Crippen molar-refractivity contribution in [1.82, 2.24) is 0 Å². The van der Waals surface area contributed by atoms with Gasteiger partial charge in [-0.05, 0) is 12.1 Å². The third-order valence-corrected chi connectivity index (χ3v) is 2.74. The molecule has 0 saturated carbocycles. The molecule has 0 spiro atoms. The fourth-order valence-electron chi connectivity index (χ4n) is 1.67. The Bertz CT molecular complexity index is 642. The van der Waals surface area contributed by atoms with Crippen LogP contribution in [0.1, 0.15) is 0 Å². The molecule has 0 amide bonds. The number of rotatable bonds is 2. The van der Waals surface area contributed by atoms with Gasteiger partial charge in [0.1, 0.15) is 0 Å². The number of nitrogens with two attached hydrogens (primary N) is 2. The number of nitrogens with one attached hydrogen (secondary N) is 1. The van der Waals surface area contributed by atoms with Crippen LogP contribution in [0.4, 0.5) is 11.4 Å². The molecule has 18 heavy (non-hydrogen) atoms. The molecule has 2 rings (SSSR count). The standard InChI is InChI=1S/C11H12N4O2S/c12-9-5-6-10(14-11(13)15-18(16)17)8-4-2-1-3-7(8)9/h1-6H,12H2,(H,16,17)(H3,13,14,15)/p-1. The Morgan fingerprint density at radius 1 is 1.22 bits per heavy atom. The maximum atomic E-state index is 10.4. The Morgan fingerprint density at radius 2 is 1.89 bits per heavy atom. The summed E-state index contributed by atoms with van der Waals surface area (Å²) in [4.78, 5) is 0. The first-order valence-corrected chi connectivity index (χ1v) is 6.09. The number of nitrogens with zero attached hydrogens (tertiary/aromatic N) is 1. The first-order chi connectivity index (χ1) is 8.58. The van der Waals surface area contributed by atoms with Gasteiger partial charge in [0.25, 0.3) is 0 Å². The molecule has 6 nitrogen and oxygen atoms in total. The van der Waals surface area contributed by atoms with E-state index >= 15 is 0 Å². The molecule has 1 atom stereocenters. The molecule has 0 bridgehead atoms. The molecule has 0 aromatic heterocycles. The monoisotopic (exact) mass is 263 g/mol. The van der Waals surface area contributed by atoms with Crippen molar-refractivity contribution in [3.63, 3.8) is 0 Å². The van der Waals surface area contributed by atoms with Crippen molar-refractivity contribution >= 4 is 39.4 Å². The molecule has 0 saturated heterocycles. The minimum Gasteiger partial charge on any atom is -0.754 e. The Hall–Kier alpha value is -2.12. The van der Waals surface area contributed by atoms with Gasteiger partial charge in [0.15, 0.2) is 0 Å². The maximum absolute atomic E-state index is 10.4. The molecule has 0 radical (unpaired) electrons. The second-order valence-electron chi connectivity index (χ2n) is 3.57. The van der Waals surface area contributed by atoms with Crippen molar-refractivity contribution in [2.75, 3.05) is 11.1 Å². The zero-order valence-corrected chi connectivity index (χ0v) is 10.1. The van der Waals surface area contributed by atoms with Crippen LogP contribution in [-0.4, -0.2) is 14.7 Å². The maximum Gasteiger partial charge on any atom is 0.206 e. The van der Waals surface area contributed by atoms with Gasteiger partial charge in [-0.15, -0.1) is 0 Å². The molecule has 2 aromatic carbocycles. The van der Waals surface area contributed by atoms with E-state index in [0.717, 1.165) is 10.8 Å². The summed E-state index contributed by atoms with van der Waals surface area (Å²) < 4.78 is 24.0. The predicted octanol–water partition coefficient (Wildman–Crippen LogP) is 0.943. The van der Waals surface area contributed by atoms with Gasteiger partial charge in [0.05, 0.1) is 11.3 Å². The second-order valence-corrected chi connectivity index (χ2v) is 4.18. The summed E-state index contributed by atoms with van der Waals surface area (Å²) in [6, 6.07) is 10.9. The average Bonchev–Trinajstić information content (AvgIpc) is 2.32. The Morgan fingerprint density at radius 3 is 2.56 bits per heavy atom. The highest BCUT2D eigenvalue weighted by Crippen LogP contribution is 2.27. The van der Waals surface area contributed by atoms with Gasteiger partial charge in [-0.2, -0.15) is 4.40 Å². The predicted molar refractivity (Wildman–Crippen MR) is 72.5 cm³/mol. The van der Waals surface area contributed by atoms with Crippen LogP contribution < -0.4 is 16.8 Å². The number of hydrogen-bond acceptors (Lipinski definition) is 3. The van der Waals surface area contributed by atoms with Crippen LogP contribution in [0.15, 0.2) is 40.8 Å². The fourth-order valence-corrected chi connectivity index (χ4v) is 1.88. The lowest BCUT2D eigenvalue weighted by atomic mass is 10.1. The molecule has 0 aliphatic carbocycles. The Labute approximate surface area is 106 Å². The van der Waals surface area contributed by atoms with Gasteiger partial charge < -0.3 is 21.3 Å². The number of fused-ring (bicyclic) bond motifs is 1. The smallest absolute Gasteiger partial charge is 0.206 e. The normalized spacial score (nSPS) is 13.5. The van der Waals surface area contributed by atoms with Gasteiger partial charge in [-0.3, -0.25) is 0 Å². The summed E-state index contributed by atoms with van der Waals surface area (Å²) in [5.74, 6) is -0.196. The van der Waals surface area contributed by atoms with E-state index in [0.29, 0.717) is 11.4 Å². The summed E-state index contributed by atoms with van der Waals surface area (Å²) in [6.45, 7) is 0. The van der Waals surface area contributed by atoms with Gasteiger partial charge in [-0.25, -0.2) is 4.21 Å². The van der Waals surface area contributed by atoms with Crippen LogP contribution in [0.25, 0.3) is 10.8 Å². The molecule has 2 aromatic rings. The quantitative estimate of drug-likeness (QED) is 0.323. The molecule has 0 aliphatic rings. The van der Waals surface area contributed by atoms with Crippen LogP contribution in [0, 0.1) is 0 Å². The van der Waals surface area contributed by atoms with Crippen LogP contribution in [0.3, 0.4) is 0 Å². The van der Waals surface area contributed by atoms with Crippen LogP contribution in [-0.2, 0) is 11.3 Å². The van der Waals surface area contributed by atoms with E-state index in [-0.39, 0.29) is 5.96 Å². The molecule has 5 N–H and O–H groups in total. The molecular formula is C11H11N4O2S-. The first kappa shape index (κ1) is 12.3. The van der Waals surface area contributed by atoms with Crippen LogP contribution >= 0.6 is 0 Å². The summed E-state index contributed by atoms with van der Waals surface area (Å²) >= 11 is -2.58. The lowest BCUT2D eigenvalue weighted by Crippen LogP contribution is -2.23. The summed E-state index contributed by atoms with van der Waals surface area (Å²) in [6.07, 6.45) is 0. The number of hydrogen-bond donors (Lipinski definition) is 3. The van der Waals surface area contributed by atoms with E-state index in [4.69, 9.17) is 11.5 Å². The third-order valence-electron chi connectivity index (χ3n) is 2.39. The van der Waals surface area contributed by atoms with Gasteiger partial charge >= 0.3 is 0 Å². The van der Waals surface area contributed by atoms with Crippen LogP contribution in [0.5, 0.6) is 0 Å². The van der Waals surface area contributed by atoms with E-state index in [1.807, 2.05) is 24.3 Å². The molecule has 0 heterocycles. The van der Waals surface area contributed by atoms with E-state index in [9.17, 15) is 8.76 Å². The SMILES string of the molecule is NC(=NS(=O)[O-])Nc1ccc(N)c2ccccc12. The van der Waals surface area contributed by atoms with E-state index < -0.39 is 11.3 Å². The number of benzene rings is 2. The largest absolute Gasteiger partial charge is 0.754 e. The lowest BCUT2D eigenvalue weighted by Gasteiger charge is -2.11. The minimum atomic E-state index is -2.58. The topological polar surface area (TPSA) is 117 Å². The highest BCUT2D eigenvalue weighted by atomic mass is 32.2. The highest BCUT2D eigenvalue weighted by Gasteiger charge is 2.04. The second kappa shape index (κ2) is 5.03. The summed E-state index contributed by atoms with van der Waals surface area (Å²) in [5.41, 5.74) is 12.6. The van der Waals surface area contributed by atoms with Crippen molar-refractivity contribution in [3.05, 3.63) is 36.4 Å². The van der Waals surface area contributed by atoms with Crippen molar-refractivity contribution in [1.29, 1.82) is 0 Å². The fraction of sp³-hybridized carbons (Fsp3) is 0. The Kier molecular flexibility index (Phi) is 3.45. The van der Waals surface area contributed by atoms with Crippen molar-refractivity contribution in [3.8, 4) is 0 Å². The van der Waals surface area contributed by atoms with Crippen molar-refractivity contribution < 1.29 is 8.76 Å². The van der Waals surface area contributed by atoms with E-state index in [1.165, 1.54) is 0 Å². The molecule has 0 aliphatic heterocycles. The molecular weight excluding hydrogens is 252 g/mol. The first-order valence-electron chi connectivity index (χ1n) is 5.05. The highest BCUT2D eigenvalue weighted by molar-refractivity contribution is 7.77. The molecule has 94 valence electrons. The number of nitrogen functional groups attached to an aromatic ring is 1. The molecule has 0 fully saturated rings.